The van der Waals surface area contributed by atoms with Crippen molar-refractivity contribution in [1.29, 1.82) is 0 Å². The van der Waals surface area contributed by atoms with Crippen LogP contribution in [0.2, 0.25) is 0 Å². The highest BCUT2D eigenvalue weighted by molar-refractivity contribution is 5.27. The lowest BCUT2D eigenvalue weighted by atomic mass is 9.80. The maximum absolute atomic E-state index is 14.2. The molecule has 0 aliphatic rings. The van der Waals surface area contributed by atoms with Gasteiger partial charge in [-0.1, -0.05) is 45.4 Å². The van der Waals surface area contributed by atoms with E-state index in [1.54, 1.807) is 13.8 Å². The molecule has 0 fully saturated rings. The molecule has 138 valence electrons. The van der Waals surface area contributed by atoms with Crippen molar-refractivity contribution < 1.29 is 22.3 Å². The first-order chi connectivity index (χ1) is 11.3. The monoisotopic (exact) mass is 348 g/mol. The van der Waals surface area contributed by atoms with Gasteiger partial charge >= 0.3 is 0 Å². The van der Waals surface area contributed by atoms with Crippen LogP contribution in [-0.2, 0) is 4.74 Å². The Kier molecular flexibility index (Phi) is 8.20. The molecule has 0 aliphatic heterocycles. The summed E-state index contributed by atoms with van der Waals surface area (Å²) < 4.78 is 60.0. The van der Waals surface area contributed by atoms with Crippen LogP contribution in [0.15, 0.2) is 6.07 Å². The molecule has 24 heavy (non-hydrogen) atoms. The van der Waals surface area contributed by atoms with E-state index >= 15 is 0 Å². The van der Waals surface area contributed by atoms with Crippen LogP contribution >= 0.6 is 0 Å². The van der Waals surface area contributed by atoms with Gasteiger partial charge in [0, 0.05) is 13.0 Å². The highest BCUT2D eigenvalue weighted by Gasteiger charge is 2.34. The first-order valence-electron chi connectivity index (χ1n) is 8.64. The van der Waals surface area contributed by atoms with Gasteiger partial charge in [-0.15, -0.1) is 0 Å². The zero-order chi connectivity index (χ0) is 18.3. The average Bonchev–Trinajstić information content (AvgIpc) is 2.56. The van der Waals surface area contributed by atoms with Crippen molar-refractivity contribution in [2.45, 2.75) is 77.2 Å². The molecule has 0 N–H and O–H groups in total. The topological polar surface area (TPSA) is 9.23 Å². The zero-order valence-corrected chi connectivity index (χ0v) is 15.0. The van der Waals surface area contributed by atoms with E-state index in [2.05, 4.69) is 6.92 Å². The maximum Gasteiger partial charge on any atom is 0.197 e. The molecule has 0 radical (unpaired) electrons. The maximum atomic E-state index is 14.2. The molecule has 1 nitrogen and oxygen atoms in total. The number of hydrogen-bond acceptors (Lipinski definition) is 1. The molecule has 0 spiro atoms. The van der Waals surface area contributed by atoms with E-state index in [0.29, 0.717) is 6.42 Å². The van der Waals surface area contributed by atoms with E-state index < -0.39 is 34.8 Å². The van der Waals surface area contributed by atoms with E-state index in [1.165, 1.54) is 13.5 Å². The van der Waals surface area contributed by atoms with E-state index in [-0.39, 0.29) is 5.56 Å². The minimum Gasteiger partial charge on any atom is -0.378 e. The molecule has 5 heteroatoms. The van der Waals surface area contributed by atoms with Crippen LogP contribution < -0.4 is 0 Å². The zero-order valence-electron chi connectivity index (χ0n) is 15.0. The number of rotatable bonds is 10. The van der Waals surface area contributed by atoms with Crippen molar-refractivity contribution in [3.63, 3.8) is 0 Å². The van der Waals surface area contributed by atoms with Crippen LogP contribution in [-0.4, -0.2) is 12.7 Å². The van der Waals surface area contributed by atoms with E-state index in [0.717, 1.165) is 38.2 Å². The second kappa shape index (κ2) is 9.40. The van der Waals surface area contributed by atoms with E-state index in [4.69, 9.17) is 4.74 Å². The summed E-state index contributed by atoms with van der Waals surface area (Å²) >= 11 is 0. The first kappa shape index (κ1) is 20.9. The second-order valence-corrected chi connectivity index (χ2v) is 6.81. The van der Waals surface area contributed by atoms with Crippen LogP contribution in [0, 0.1) is 23.3 Å². The summed E-state index contributed by atoms with van der Waals surface area (Å²) in [6.45, 7) is 5.62. The van der Waals surface area contributed by atoms with Gasteiger partial charge in [-0.25, -0.2) is 17.6 Å². The minimum atomic E-state index is -1.77. The molecule has 0 aromatic heterocycles. The van der Waals surface area contributed by atoms with Crippen molar-refractivity contribution in [3.05, 3.63) is 34.9 Å². The third-order valence-corrected chi connectivity index (χ3v) is 4.72. The molecule has 0 aliphatic carbocycles. The Balaban J connectivity index is 2.96. The van der Waals surface area contributed by atoms with Crippen molar-refractivity contribution in [2.24, 2.45) is 0 Å². The van der Waals surface area contributed by atoms with Gasteiger partial charge in [-0.05, 0) is 31.9 Å². The van der Waals surface area contributed by atoms with Gasteiger partial charge in [0.05, 0.1) is 5.60 Å². The second-order valence-electron chi connectivity index (χ2n) is 6.81. The van der Waals surface area contributed by atoms with E-state index in [9.17, 15) is 17.6 Å². The highest BCUT2D eigenvalue weighted by Crippen LogP contribution is 2.38. The molecule has 1 aromatic carbocycles. The Hall–Kier alpha value is -1.10. The molecule has 0 heterocycles. The Bertz CT molecular complexity index is 529. The minimum absolute atomic E-state index is 0.160. The quantitative estimate of drug-likeness (QED) is 0.203. The number of hydrogen-bond donors (Lipinski definition) is 0. The third kappa shape index (κ3) is 5.20. The number of methoxy groups -OCH3 is 1. The SMILES string of the molecule is CCCCCCCCC(c1cc(F)c(F)c(F)c1F)C(C)(C)OC. The van der Waals surface area contributed by atoms with Crippen molar-refractivity contribution in [2.75, 3.05) is 7.11 Å². The van der Waals surface area contributed by atoms with Gasteiger partial charge in [0.2, 0.25) is 0 Å². The first-order valence-corrected chi connectivity index (χ1v) is 8.64. The Morgan fingerprint density at radius 3 is 2.08 bits per heavy atom. The van der Waals surface area contributed by atoms with Gasteiger partial charge in [0.15, 0.2) is 23.3 Å². The molecular formula is C19H28F4O. The van der Waals surface area contributed by atoms with E-state index in [1.807, 2.05) is 0 Å². The van der Waals surface area contributed by atoms with Crippen molar-refractivity contribution in [3.8, 4) is 0 Å². The number of benzene rings is 1. The Morgan fingerprint density at radius 1 is 0.917 bits per heavy atom. The summed E-state index contributed by atoms with van der Waals surface area (Å²) in [5.41, 5.74) is -0.979. The smallest absolute Gasteiger partial charge is 0.197 e. The molecule has 1 rings (SSSR count). The standard InChI is InChI=1S/C19H28F4O/c1-5-6-7-8-9-10-11-14(19(2,3)24-4)13-12-15(20)17(22)18(23)16(13)21/h12,14H,5-11H2,1-4H3. The summed E-state index contributed by atoms with van der Waals surface area (Å²) in [4.78, 5) is 0. The molecular weight excluding hydrogens is 320 g/mol. The summed E-state index contributed by atoms with van der Waals surface area (Å²) in [6.07, 6.45) is 6.82. The van der Waals surface area contributed by atoms with Crippen molar-refractivity contribution >= 4 is 0 Å². The van der Waals surface area contributed by atoms with Gasteiger partial charge in [0.1, 0.15) is 0 Å². The van der Waals surface area contributed by atoms with Crippen LogP contribution in [0.25, 0.3) is 0 Å². The van der Waals surface area contributed by atoms with Crippen LogP contribution in [0.3, 0.4) is 0 Å². The lowest BCUT2D eigenvalue weighted by Crippen LogP contribution is -2.32. The summed E-state index contributed by atoms with van der Waals surface area (Å²) in [6, 6.07) is 0.760. The van der Waals surface area contributed by atoms with Gasteiger partial charge in [-0.2, -0.15) is 0 Å². The Morgan fingerprint density at radius 2 is 1.50 bits per heavy atom. The Labute approximate surface area is 142 Å². The third-order valence-electron chi connectivity index (χ3n) is 4.72. The number of ether oxygens (including phenoxy) is 1. The van der Waals surface area contributed by atoms with Gasteiger partial charge in [0.25, 0.3) is 0 Å². The fourth-order valence-corrected chi connectivity index (χ4v) is 2.99. The van der Waals surface area contributed by atoms with Gasteiger partial charge in [-0.3, -0.25) is 0 Å². The largest absolute Gasteiger partial charge is 0.378 e. The molecule has 1 unspecified atom stereocenters. The molecule has 0 amide bonds. The molecule has 0 bridgehead atoms. The summed E-state index contributed by atoms with van der Waals surface area (Å²) in [7, 11) is 1.47. The fourth-order valence-electron chi connectivity index (χ4n) is 2.99. The number of halogens is 4. The van der Waals surface area contributed by atoms with Crippen LogP contribution in [0.5, 0.6) is 0 Å². The fraction of sp³-hybridized carbons (Fsp3) is 0.684. The summed E-state index contributed by atoms with van der Waals surface area (Å²) in [5, 5.41) is 0. The lowest BCUT2D eigenvalue weighted by molar-refractivity contribution is -0.00567. The lowest BCUT2D eigenvalue weighted by Gasteiger charge is -2.34. The van der Waals surface area contributed by atoms with Crippen LogP contribution in [0.4, 0.5) is 17.6 Å². The predicted molar refractivity (Wildman–Crippen MR) is 88.1 cm³/mol. The predicted octanol–water partition coefficient (Wildman–Crippen LogP) is 6.50. The highest BCUT2D eigenvalue weighted by atomic mass is 19.2. The van der Waals surface area contributed by atoms with Gasteiger partial charge < -0.3 is 4.74 Å². The molecule has 1 aromatic rings. The van der Waals surface area contributed by atoms with Crippen LogP contribution in [0.1, 0.15) is 77.2 Å². The molecule has 0 saturated carbocycles. The molecule has 1 atom stereocenters. The average molecular weight is 348 g/mol. The summed E-state index contributed by atoms with van der Waals surface area (Å²) in [5.74, 6) is -6.79. The number of unbranched alkanes of at least 4 members (excludes halogenated alkanes) is 5. The van der Waals surface area contributed by atoms with Crippen molar-refractivity contribution in [1.82, 2.24) is 0 Å². The normalized spacial score (nSPS) is 13.3. The molecule has 0 saturated heterocycles.